The maximum absolute atomic E-state index is 13.6. The number of hydrogen-bond acceptors (Lipinski definition) is 7. The lowest BCUT2D eigenvalue weighted by Gasteiger charge is -2.28. The fraction of sp³-hybridized carbons (Fsp3) is 0.346. The Morgan fingerprint density at radius 3 is 2.62 bits per heavy atom. The van der Waals surface area contributed by atoms with E-state index in [0.29, 0.717) is 20.6 Å². The molecule has 2 aliphatic rings. The summed E-state index contributed by atoms with van der Waals surface area (Å²) in [5.74, 6) is -0.426. The van der Waals surface area contributed by atoms with Gasteiger partial charge in [-0.3, -0.25) is 9.36 Å². The van der Waals surface area contributed by atoms with Crippen molar-refractivity contribution in [2.75, 3.05) is 24.6 Å². The highest BCUT2D eigenvalue weighted by molar-refractivity contribution is 7.10. The minimum Gasteiger partial charge on any atom is -0.463 e. The molecule has 176 valence electrons. The molecule has 0 radical (unpaired) electrons. The number of allylic oxidation sites excluding steroid dienone is 1. The molecule has 3 aromatic rings. The van der Waals surface area contributed by atoms with Gasteiger partial charge >= 0.3 is 5.97 Å². The molecule has 2 aromatic heterocycles. The van der Waals surface area contributed by atoms with Crippen LogP contribution in [-0.2, 0) is 9.53 Å². The predicted molar refractivity (Wildman–Crippen MR) is 137 cm³/mol. The van der Waals surface area contributed by atoms with Crippen LogP contribution in [0.15, 0.2) is 62.8 Å². The first-order valence-electron chi connectivity index (χ1n) is 11.6. The topological polar surface area (TPSA) is 63.9 Å². The molecule has 8 heteroatoms. The number of thiophene rings is 1. The maximum atomic E-state index is 13.6. The lowest BCUT2D eigenvalue weighted by molar-refractivity contribution is -0.139. The third-order valence-electron chi connectivity index (χ3n) is 6.24. The lowest BCUT2D eigenvalue weighted by atomic mass is 10.0. The SMILES string of the molecule is CCOC(=O)C1=C(C)N=c2s/c(=C/c3ccc(N4CCCCC4)cc3)c(=O)n2[C@H]1c1cccs1. The molecule has 1 aromatic carbocycles. The van der Waals surface area contributed by atoms with Crippen molar-refractivity contribution in [3.05, 3.63) is 83.2 Å². The van der Waals surface area contributed by atoms with Gasteiger partial charge in [0.15, 0.2) is 4.80 Å². The standard InChI is InChI=1S/C26H27N3O3S2/c1-3-32-25(31)22-17(2)27-26-29(23(22)20-8-7-15-33-20)24(30)21(34-26)16-18-9-11-19(12-10-18)28-13-5-4-6-14-28/h7-12,15-16,23H,3-6,13-14H2,1-2H3/b21-16+/t23-/m0/s1. The number of carbonyl (C=O) groups is 1. The molecule has 0 amide bonds. The van der Waals surface area contributed by atoms with Crippen LogP contribution in [0.4, 0.5) is 5.69 Å². The molecule has 34 heavy (non-hydrogen) atoms. The van der Waals surface area contributed by atoms with Gasteiger partial charge in [0.05, 0.1) is 22.4 Å². The first kappa shape index (κ1) is 22.8. The Morgan fingerprint density at radius 2 is 1.94 bits per heavy atom. The second-order valence-corrected chi connectivity index (χ2v) is 10.4. The van der Waals surface area contributed by atoms with Crippen molar-refractivity contribution < 1.29 is 9.53 Å². The highest BCUT2D eigenvalue weighted by atomic mass is 32.1. The van der Waals surface area contributed by atoms with Crippen LogP contribution in [0.1, 0.15) is 49.6 Å². The molecule has 0 spiro atoms. The number of anilines is 1. The molecule has 1 fully saturated rings. The Morgan fingerprint density at radius 1 is 1.18 bits per heavy atom. The van der Waals surface area contributed by atoms with Crippen molar-refractivity contribution in [1.82, 2.24) is 4.57 Å². The summed E-state index contributed by atoms with van der Waals surface area (Å²) in [5, 5.41) is 1.95. The minimum absolute atomic E-state index is 0.142. The van der Waals surface area contributed by atoms with E-state index < -0.39 is 12.0 Å². The summed E-state index contributed by atoms with van der Waals surface area (Å²) in [6.07, 6.45) is 5.70. The van der Waals surface area contributed by atoms with Gasteiger partial charge < -0.3 is 9.64 Å². The highest BCUT2D eigenvalue weighted by Crippen LogP contribution is 2.33. The third-order valence-corrected chi connectivity index (χ3v) is 8.15. The molecule has 0 aliphatic carbocycles. The number of ether oxygens (including phenoxy) is 1. The Hall–Kier alpha value is -2.97. The zero-order valence-electron chi connectivity index (χ0n) is 19.3. The number of rotatable bonds is 5. The maximum Gasteiger partial charge on any atom is 0.338 e. The van der Waals surface area contributed by atoms with Crippen LogP contribution in [0.3, 0.4) is 0 Å². The molecule has 1 atom stereocenters. The van der Waals surface area contributed by atoms with Crippen molar-refractivity contribution >= 4 is 40.4 Å². The van der Waals surface area contributed by atoms with E-state index in [4.69, 9.17) is 4.74 Å². The van der Waals surface area contributed by atoms with Crippen molar-refractivity contribution in [2.24, 2.45) is 4.99 Å². The highest BCUT2D eigenvalue weighted by Gasteiger charge is 2.33. The van der Waals surface area contributed by atoms with Crippen LogP contribution < -0.4 is 19.8 Å². The van der Waals surface area contributed by atoms with Crippen molar-refractivity contribution in [2.45, 2.75) is 39.2 Å². The Bertz CT molecular complexity index is 1390. The minimum atomic E-state index is -0.529. The van der Waals surface area contributed by atoms with E-state index in [-0.39, 0.29) is 12.2 Å². The summed E-state index contributed by atoms with van der Waals surface area (Å²) in [5.41, 5.74) is 3.08. The number of benzene rings is 1. The van der Waals surface area contributed by atoms with Gasteiger partial charge in [-0.1, -0.05) is 29.5 Å². The number of nitrogens with zero attached hydrogens (tertiary/aromatic N) is 3. The molecule has 0 bridgehead atoms. The zero-order chi connectivity index (χ0) is 23.7. The molecular formula is C26H27N3O3S2. The Labute approximate surface area is 206 Å². The number of thiazole rings is 1. The summed E-state index contributed by atoms with van der Waals surface area (Å²) in [7, 11) is 0. The summed E-state index contributed by atoms with van der Waals surface area (Å²) in [6.45, 7) is 6.05. The van der Waals surface area contributed by atoms with E-state index in [9.17, 15) is 9.59 Å². The zero-order valence-corrected chi connectivity index (χ0v) is 21.0. The largest absolute Gasteiger partial charge is 0.463 e. The second-order valence-electron chi connectivity index (χ2n) is 8.46. The van der Waals surface area contributed by atoms with Crippen LogP contribution in [0.5, 0.6) is 0 Å². The fourth-order valence-electron chi connectivity index (χ4n) is 4.59. The van der Waals surface area contributed by atoms with Gasteiger partial charge in [0.1, 0.15) is 6.04 Å². The van der Waals surface area contributed by atoms with Gasteiger partial charge in [0.2, 0.25) is 0 Å². The van der Waals surface area contributed by atoms with Gasteiger partial charge in [-0.2, -0.15) is 0 Å². The monoisotopic (exact) mass is 493 g/mol. The summed E-state index contributed by atoms with van der Waals surface area (Å²) in [4.78, 5) is 35.0. The van der Waals surface area contributed by atoms with Gasteiger partial charge in [-0.15, -0.1) is 11.3 Å². The molecule has 0 unspecified atom stereocenters. The van der Waals surface area contributed by atoms with E-state index in [1.54, 1.807) is 11.5 Å². The molecule has 5 rings (SSSR count). The van der Waals surface area contributed by atoms with Gasteiger partial charge in [0, 0.05) is 23.7 Å². The van der Waals surface area contributed by atoms with E-state index in [1.807, 2.05) is 30.5 Å². The van der Waals surface area contributed by atoms with E-state index >= 15 is 0 Å². The van der Waals surface area contributed by atoms with Gasteiger partial charge in [0.25, 0.3) is 5.56 Å². The van der Waals surface area contributed by atoms with E-state index in [2.05, 4.69) is 34.2 Å². The molecule has 0 saturated carbocycles. The number of hydrogen-bond donors (Lipinski definition) is 0. The normalized spacial score (nSPS) is 18.6. The first-order chi connectivity index (χ1) is 16.6. The molecule has 6 nitrogen and oxygen atoms in total. The smallest absolute Gasteiger partial charge is 0.338 e. The molecule has 4 heterocycles. The number of aromatic nitrogens is 1. The average Bonchev–Trinajstić information content (AvgIpc) is 3.48. The number of esters is 1. The lowest BCUT2D eigenvalue weighted by Crippen LogP contribution is -2.39. The quantitative estimate of drug-likeness (QED) is 0.507. The Balaban J connectivity index is 1.56. The van der Waals surface area contributed by atoms with E-state index in [0.717, 1.165) is 23.5 Å². The van der Waals surface area contributed by atoms with E-state index in [1.165, 1.54) is 47.6 Å². The molecule has 0 N–H and O–H groups in total. The molecule has 2 aliphatic heterocycles. The van der Waals surface area contributed by atoms with Gasteiger partial charge in [-0.25, -0.2) is 9.79 Å². The average molecular weight is 494 g/mol. The predicted octanol–water partition coefficient (Wildman–Crippen LogP) is 3.85. The number of fused-ring (bicyclic) bond motifs is 1. The Kier molecular flexibility index (Phi) is 6.52. The summed E-state index contributed by atoms with van der Waals surface area (Å²) < 4.78 is 7.57. The van der Waals surface area contributed by atoms with Crippen LogP contribution >= 0.6 is 22.7 Å². The van der Waals surface area contributed by atoms with Crippen LogP contribution in [-0.4, -0.2) is 30.2 Å². The van der Waals surface area contributed by atoms with Crippen molar-refractivity contribution in [3.63, 3.8) is 0 Å². The third kappa shape index (κ3) is 4.28. The van der Waals surface area contributed by atoms with Crippen LogP contribution in [0.25, 0.3) is 6.08 Å². The van der Waals surface area contributed by atoms with Crippen LogP contribution in [0, 0.1) is 0 Å². The van der Waals surface area contributed by atoms with Crippen molar-refractivity contribution in [3.8, 4) is 0 Å². The molecule has 1 saturated heterocycles. The van der Waals surface area contributed by atoms with Gasteiger partial charge in [-0.05, 0) is 68.3 Å². The number of piperidine rings is 1. The first-order valence-corrected chi connectivity index (χ1v) is 13.3. The summed E-state index contributed by atoms with van der Waals surface area (Å²) in [6, 6.07) is 11.7. The van der Waals surface area contributed by atoms with Crippen molar-refractivity contribution in [1.29, 1.82) is 0 Å². The number of carbonyl (C=O) groups excluding carboxylic acids is 1. The fourth-order valence-corrected chi connectivity index (χ4v) is 6.46. The summed E-state index contributed by atoms with van der Waals surface area (Å²) >= 11 is 2.87. The molecular weight excluding hydrogens is 466 g/mol. The van der Waals surface area contributed by atoms with Crippen LogP contribution in [0.2, 0.25) is 0 Å². The second kappa shape index (κ2) is 9.72.